The fourth-order valence-corrected chi connectivity index (χ4v) is 4.18. The van der Waals surface area contributed by atoms with Gasteiger partial charge < -0.3 is 10.2 Å². The largest absolute Gasteiger partial charge is 0.349 e. The van der Waals surface area contributed by atoms with Crippen molar-refractivity contribution in [2.45, 2.75) is 19.3 Å². The molecule has 3 aliphatic rings. The van der Waals surface area contributed by atoms with Crippen LogP contribution in [0.4, 0.5) is 0 Å². The number of nitrogens with one attached hydrogen (secondary N) is 1. The molecular weight excluding hydrogens is 370 g/mol. The van der Waals surface area contributed by atoms with Crippen molar-refractivity contribution in [2.75, 3.05) is 26.2 Å². The van der Waals surface area contributed by atoms with Gasteiger partial charge >= 0.3 is 0 Å². The maximum atomic E-state index is 12.5. The number of carbonyl (C=O) groups excluding carboxylic acids is 1. The van der Waals surface area contributed by atoms with Crippen LogP contribution in [0.3, 0.4) is 0 Å². The topological polar surface area (TPSA) is 45.2 Å². The van der Waals surface area contributed by atoms with Crippen molar-refractivity contribution in [3.63, 3.8) is 0 Å². The molecule has 1 aromatic rings. The number of likely N-dealkylation sites (tertiary alicyclic amines) is 1. The number of fused-ring (bicyclic) bond motifs is 1. The van der Waals surface area contributed by atoms with E-state index < -0.39 is 0 Å². The van der Waals surface area contributed by atoms with Crippen LogP contribution in [0.25, 0.3) is 11.3 Å². The lowest BCUT2D eigenvalue weighted by Crippen LogP contribution is -2.33. The predicted molar refractivity (Wildman–Crippen MR) is 113 cm³/mol. The minimum absolute atomic E-state index is 0.135. The molecule has 0 saturated carbocycles. The lowest BCUT2D eigenvalue weighted by molar-refractivity contribution is 0.0945. The van der Waals surface area contributed by atoms with E-state index in [-0.39, 0.29) is 5.91 Å². The second-order valence-corrected chi connectivity index (χ2v) is 7.87. The van der Waals surface area contributed by atoms with Gasteiger partial charge in [-0.1, -0.05) is 41.9 Å². The van der Waals surface area contributed by atoms with Gasteiger partial charge in [0.25, 0.3) is 5.91 Å². The van der Waals surface area contributed by atoms with E-state index in [0.717, 1.165) is 30.9 Å². The molecule has 2 heterocycles. The number of amides is 1. The molecule has 0 spiro atoms. The number of nitrogens with zero attached hydrogens (tertiary/aromatic N) is 2. The number of rotatable bonds is 5. The summed E-state index contributed by atoms with van der Waals surface area (Å²) in [6.07, 6.45) is 1.17. The van der Waals surface area contributed by atoms with Crippen LogP contribution in [0.5, 0.6) is 0 Å². The van der Waals surface area contributed by atoms with Crippen LogP contribution in [0.2, 0.25) is 5.02 Å². The molecular formula is C23H24ClN3O. The average Bonchev–Trinajstić information content (AvgIpc) is 3.26. The van der Waals surface area contributed by atoms with Crippen LogP contribution in [-0.4, -0.2) is 42.0 Å². The summed E-state index contributed by atoms with van der Waals surface area (Å²) in [4.78, 5) is 19.3. The van der Waals surface area contributed by atoms with Crippen LogP contribution in [0, 0.1) is 6.92 Å². The fourth-order valence-electron chi connectivity index (χ4n) is 3.99. The summed E-state index contributed by atoms with van der Waals surface area (Å²) in [5, 5.41) is 3.63. The predicted octanol–water partition coefficient (Wildman–Crippen LogP) is 4.37. The average molecular weight is 394 g/mol. The number of aryl methyl sites for hydroxylation is 1. The first-order valence-electron chi connectivity index (χ1n) is 9.72. The van der Waals surface area contributed by atoms with E-state index in [1.807, 2.05) is 24.3 Å². The molecule has 1 amide bonds. The van der Waals surface area contributed by atoms with Crippen LogP contribution >= 0.6 is 11.6 Å². The first-order valence-corrected chi connectivity index (χ1v) is 10.1. The Hall–Kier alpha value is -2.43. The van der Waals surface area contributed by atoms with Crippen LogP contribution in [-0.2, 0) is 0 Å². The Labute approximate surface area is 170 Å². The van der Waals surface area contributed by atoms with Gasteiger partial charge in [-0.3, -0.25) is 4.79 Å². The normalized spacial score (nSPS) is 17.1. The van der Waals surface area contributed by atoms with E-state index >= 15 is 0 Å². The monoisotopic (exact) mass is 393 g/mol. The van der Waals surface area contributed by atoms with Gasteiger partial charge in [-0.25, -0.2) is 4.98 Å². The highest BCUT2D eigenvalue weighted by atomic mass is 35.5. The molecule has 0 radical (unpaired) electrons. The highest BCUT2D eigenvalue weighted by molar-refractivity contribution is 6.30. The SMILES string of the molecule is Cc1ccccc1C1CCN(CCNC(=O)c2cc3cc(Cl)cccc-3n2)C1. The fraction of sp³-hybridized carbons (Fsp3) is 0.304. The standard InChI is InChI=1S/C23H24ClN3O/c1-16-5-2-3-7-20(16)17-9-11-27(15-17)12-10-25-23(28)22-14-18-13-19(24)6-4-8-21(18)26-22/h2-8,13-14,17H,9-12,15H2,1H3,(H,25,28). The number of hydrogen-bond acceptors (Lipinski definition) is 3. The van der Waals surface area contributed by atoms with E-state index in [4.69, 9.17) is 11.6 Å². The van der Waals surface area contributed by atoms with E-state index in [1.165, 1.54) is 17.5 Å². The molecule has 1 N–H and O–H groups in total. The van der Waals surface area contributed by atoms with Gasteiger partial charge in [-0.15, -0.1) is 0 Å². The molecule has 5 heteroatoms. The second kappa shape index (κ2) is 8.29. The molecule has 1 aromatic carbocycles. The molecule has 4 nitrogen and oxygen atoms in total. The Morgan fingerprint density at radius 2 is 2.07 bits per heavy atom. The summed E-state index contributed by atoms with van der Waals surface area (Å²) >= 11 is 6.08. The van der Waals surface area contributed by atoms with Crippen molar-refractivity contribution in [2.24, 2.45) is 0 Å². The first-order chi connectivity index (χ1) is 13.6. The maximum absolute atomic E-state index is 12.5. The van der Waals surface area contributed by atoms with Crippen molar-refractivity contribution in [1.29, 1.82) is 0 Å². The third-order valence-electron chi connectivity index (χ3n) is 5.48. The van der Waals surface area contributed by atoms with Crippen molar-refractivity contribution < 1.29 is 4.79 Å². The minimum atomic E-state index is -0.135. The van der Waals surface area contributed by atoms with E-state index in [9.17, 15) is 4.79 Å². The van der Waals surface area contributed by atoms with E-state index in [0.29, 0.717) is 23.2 Å². The molecule has 2 aliphatic heterocycles. The number of carbonyl (C=O) groups is 1. The summed E-state index contributed by atoms with van der Waals surface area (Å²) < 4.78 is 0. The number of aromatic nitrogens is 1. The quantitative estimate of drug-likeness (QED) is 0.700. The summed E-state index contributed by atoms with van der Waals surface area (Å²) in [7, 11) is 0. The zero-order valence-electron chi connectivity index (χ0n) is 16.0. The molecule has 4 rings (SSSR count). The Bertz CT molecular complexity index is 958. The molecule has 1 atom stereocenters. The van der Waals surface area contributed by atoms with Gasteiger partial charge in [0.05, 0.1) is 5.69 Å². The molecule has 28 heavy (non-hydrogen) atoms. The zero-order valence-corrected chi connectivity index (χ0v) is 16.7. The first kappa shape index (κ1) is 18.9. The minimum Gasteiger partial charge on any atom is -0.349 e. The highest BCUT2D eigenvalue weighted by Crippen LogP contribution is 2.29. The Balaban J connectivity index is 1.31. The van der Waals surface area contributed by atoms with E-state index in [2.05, 4.69) is 46.4 Å². The second-order valence-electron chi connectivity index (χ2n) is 7.44. The van der Waals surface area contributed by atoms with Crippen LogP contribution < -0.4 is 5.32 Å². The number of hydrogen-bond donors (Lipinski definition) is 1. The molecule has 0 bridgehead atoms. The van der Waals surface area contributed by atoms with Gasteiger partial charge in [0.1, 0.15) is 5.69 Å². The third-order valence-corrected chi connectivity index (χ3v) is 5.71. The van der Waals surface area contributed by atoms with Gasteiger partial charge in [-0.05, 0) is 61.2 Å². The smallest absolute Gasteiger partial charge is 0.269 e. The summed E-state index contributed by atoms with van der Waals surface area (Å²) in [6, 6.07) is 17.8. The maximum Gasteiger partial charge on any atom is 0.269 e. The van der Waals surface area contributed by atoms with Crippen molar-refractivity contribution in [3.8, 4) is 11.3 Å². The Morgan fingerprint density at radius 1 is 1.21 bits per heavy atom. The summed E-state index contributed by atoms with van der Waals surface area (Å²) in [5.41, 5.74) is 4.91. The van der Waals surface area contributed by atoms with E-state index in [1.54, 1.807) is 6.07 Å². The summed E-state index contributed by atoms with van der Waals surface area (Å²) in [5.74, 6) is 0.453. The Kier molecular flexibility index (Phi) is 5.60. The molecule has 0 aromatic heterocycles. The van der Waals surface area contributed by atoms with Crippen LogP contribution in [0.1, 0.15) is 34.0 Å². The lowest BCUT2D eigenvalue weighted by atomic mass is 9.94. The molecule has 144 valence electrons. The Morgan fingerprint density at radius 3 is 2.93 bits per heavy atom. The zero-order chi connectivity index (χ0) is 19.5. The van der Waals surface area contributed by atoms with Gasteiger partial charge in [0.2, 0.25) is 0 Å². The third kappa shape index (κ3) is 4.18. The number of halogens is 1. The molecule has 1 saturated heterocycles. The van der Waals surface area contributed by atoms with Gasteiger partial charge in [-0.2, -0.15) is 0 Å². The van der Waals surface area contributed by atoms with Crippen molar-refractivity contribution in [1.82, 2.24) is 15.2 Å². The summed E-state index contributed by atoms with van der Waals surface area (Å²) in [6.45, 7) is 5.78. The molecule has 1 fully saturated rings. The van der Waals surface area contributed by atoms with Crippen molar-refractivity contribution in [3.05, 3.63) is 76.4 Å². The lowest BCUT2D eigenvalue weighted by Gasteiger charge is -2.17. The molecule has 1 aliphatic carbocycles. The number of benzene rings is 1. The molecule has 1 unspecified atom stereocenters. The van der Waals surface area contributed by atoms with Gasteiger partial charge in [0.15, 0.2) is 0 Å². The van der Waals surface area contributed by atoms with Crippen LogP contribution in [0.15, 0.2) is 54.6 Å². The highest BCUT2D eigenvalue weighted by Gasteiger charge is 2.24. The van der Waals surface area contributed by atoms with Crippen molar-refractivity contribution >= 4 is 17.5 Å². The van der Waals surface area contributed by atoms with Gasteiger partial charge in [0, 0.05) is 30.2 Å².